The van der Waals surface area contributed by atoms with Crippen molar-refractivity contribution >= 4 is 22.3 Å². The fourth-order valence-electron chi connectivity index (χ4n) is 1.98. The Balaban J connectivity index is 2.68. The molecule has 0 radical (unpaired) electrons. The number of aryl methyl sites for hydroxylation is 2. The smallest absolute Gasteiger partial charge is 0.339 e. The fourth-order valence-corrected chi connectivity index (χ4v) is 3.01. The van der Waals surface area contributed by atoms with Crippen molar-refractivity contribution in [2.24, 2.45) is 0 Å². The predicted molar refractivity (Wildman–Crippen MR) is 75.2 cm³/mol. The van der Waals surface area contributed by atoms with E-state index in [0.29, 0.717) is 5.00 Å². The largest absolute Gasteiger partial charge is 0.478 e. The van der Waals surface area contributed by atoms with Crippen molar-refractivity contribution in [1.82, 2.24) is 0 Å². The summed E-state index contributed by atoms with van der Waals surface area (Å²) in [4.78, 5) is 12.4. The molecule has 0 aliphatic rings. The van der Waals surface area contributed by atoms with Crippen molar-refractivity contribution in [3.63, 3.8) is 0 Å². The number of hydrogen-bond acceptors (Lipinski definition) is 3. The van der Waals surface area contributed by atoms with E-state index in [2.05, 4.69) is 0 Å². The molecule has 0 saturated heterocycles. The van der Waals surface area contributed by atoms with Crippen LogP contribution in [-0.2, 0) is 6.42 Å². The molecule has 0 spiro atoms. The molecular weight excluding hydrogens is 246 g/mol. The number of nitrogens with two attached hydrogens (primary N) is 1. The Morgan fingerprint density at radius 3 is 2.44 bits per heavy atom. The third kappa shape index (κ3) is 2.11. The molecule has 0 fully saturated rings. The van der Waals surface area contributed by atoms with Crippen molar-refractivity contribution in [2.45, 2.75) is 20.3 Å². The van der Waals surface area contributed by atoms with Crippen LogP contribution < -0.4 is 5.73 Å². The number of rotatable bonds is 3. The Morgan fingerprint density at radius 2 is 1.94 bits per heavy atom. The van der Waals surface area contributed by atoms with E-state index in [1.165, 1.54) is 11.3 Å². The van der Waals surface area contributed by atoms with E-state index < -0.39 is 5.97 Å². The maximum atomic E-state index is 11.3. The minimum atomic E-state index is -0.959. The van der Waals surface area contributed by atoms with Gasteiger partial charge in [-0.15, -0.1) is 11.3 Å². The first-order chi connectivity index (χ1) is 8.54. The highest BCUT2D eigenvalue weighted by Crippen LogP contribution is 2.39. The third-order valence-electron chi connectivity index (χ3n) is 2.88. The van der Waals surface area contributed by atoms with Crippen molar-refractivity contribution in [3.8, 4) is 11.1 Å². The normalized spacial score (nSPS) is 10.6. The van der Waals surface area contributed by atoms with Gasteiger partial charge in [0.1, 0.15) is 10.6 Å². The Bertz CT molecular complexity index is 585. The SMILES string of the molecule is CCc1sc(N)c(C(=O)O)c1-c1ccc(C)cc1. The Labute approximate surface area is 110 Å². The van der Waals surface area contributed by atoms with Gasteiger partial charge in [0.05, 0.1) is 0 Å². The van der Waals surface area contributed by atoms with Gasteiger partial charge in [0.25, 0.3) is 0 Å². The van der Waals surface area contributed by atoms with Crippen molar-refractivity contribution in [1.29, 1.82) is 0 Å². The number of anilines is 1. The third-order valence-corrected chi connectivity index (χ3v) is 4.05. The number of thiophene rings is 1. The molecule has 2 rings (SSSR count). The minimum Gasteiger partial charge on any atom is -0.478 e. The van der Waals surface area contributed by atoms with Gasteiger partial charge in [-0.25, -0.2) is 4.79 Å². The van der Waals surface area contributed by atoms with Gasteiger partial charge in [-0.3, -0.25) is 0 Å². The van der Waals surface area contributed by atoms with Gasteiger partial charge < -0.3 is 10.8 Å². The van der Waals surface area contributed by atoms with E-state index in [4.69, 9.17) is 5.73 Å². The monoisotopic (exact) mass is 261 g/mol. The Hall–Kier alpha value is -1.81. The number of hydrogen-bond donors (Lipinski definition) is 2. The molecule has 3 nitrogen and oxygen atoms in total. The van der Waals surface area contributed by atoms with E-state index in [1.807, 2.05) is 38.1 Å². The van der Waals surface area contributed by atoms with E-state index in [-0.39, 0.29) is 5.56 Å². The van der Waals surface area contributed by atoms with Gasteiger partial charge in [0.2, 0.25) is 0 Å². The first kappa shape index (κ1) is 12.6. The van der Waals surface area contributed by atoms with Crippen LogP contribution in [0, 0.1) is 6.92 Å². The van der Waals surface area contributed by atoms with Crippen LogP contribution in [0.25, 0.3) is 11.1 Å². The highest BCUT2D eigenvalue weighted by atomic mass is 32.1. The highest BCUT2D eigenvalue weighted by molar-refractivity contribution is 7.17. The number of carbonyl (C=O) groups is 1. The van der Waals surface area contributed by atoms with Crippen molar-refractivity contribution in [3.05, 3.63) is 40.3 Å². The molecule has 0 bridgehead atoms. The average Bonchev–Trinajstić information content (AvgIpc) is 2.67. The van der Waals surface area contributed by atoms with Crippen LogP contribution in [0.2, 0.25) is 0 Å². The van der Waals surface area contributed by atoms with Gasteiger partial charge in [-0.1, -0.05) is 36.8 Å². The Morgan fingerprint density at radius 1 is 1.33 bits per heavy atom. The first-order valence-electron chi connectivity index (χ1n) is 5.76. The van der Waals surface area contributed by atoms with E-state index in [1.54, 1.807) is 0 Å². The number of benzene rings is 1. The maximum Gasteiger partial charge on any atom is 0.339 e. The fraction of sp³-hybridized carbons (Fsp3) is 0.214. The van der Waals surface area contributed by atoms with Gasteiger partial charge in [0, 0.05) is 10.4 Å². The molecule has 1 heterocycles. The maximum absolute atomic E-state index is 11.3. The lowest BCUT2D eigenvalue weighted by atomic mass is 9.99. The summed E-state index contributed by atoms with van der Waals surface area (Å²) in [6.45, 7) is 4.01. The lowest BCUT2D eigenvalue weighted by Gasteiger charge is -2.05. The molecule has 0 aliphatic heterocycles. The standard InChI is InChI=1S/C14H15NO2S/c1-3-10-11(9-6-4-8(2)5-7-9)12(14(16)17)13(15)18-10/h4-7H,3,15H2,1-2H3,(H,16,17). The summed E-state index contributed by atoms with van der Waals surface area (Å²) in [6, 6.07) is 7.85. The van der Waals surface area contributed by atoms with Crippen LogP contribution in [-0.4, -0.2) is 11.1 Å². The molecule has 4 heteroatoms. The summed E-state index contributed by atoms with van der Waals surface area (Å²) in [5.74, 6) is -0.959. The van der Waals surface area contributed by atoms with E-state index in [9.17, 15) is 9.90 Å². The zero-order chi connectivity index (χ0) is 13.3. The molecule has 94 valence electrons. The second-order valence-corrected chi connectivity index (χ2v) is 5.30. The molecule has 0 amide bonds. The lowest BCUT2D eigenvalue weighted by Crippen LogP contribution is -2.01. The molecule has 0 atom stereocenters. The van der Waals surface area contributed by atoms with Crippen molar-refractivity contribution < 1.29 is 9.90 Å². The number of carboxylic acid groups (broad SMARTS) is 1. The number of nitrogen functional groups attached to an aromatic ring is 1. The summed E-state index contributed by atoms with van der Waals surface area (Å²) >= 11 is 1.37. The number of aromatic carboxylic acids is 1. The molecule has 0 saturated carbocycles. The molecule has 2 aromatic rings. The van der Waals surface area contributed by atoms with Gasteiger partial charge >= 0.3 is 5.97 Å². The molecule has 3 N–H and O–H groups in total. The zero-order valence-electron chi connectivity index (χ0n) is 10.4. The van der Waals surface area contributed by atoms with Crippen LogP contribution in [0.5, 0.6) is 0 Å². The van der Waals surface area contributed by atoms with Gasteiger partial charge in [-0.05, 0) is 18.9 Å². The zero-order valence-corrected chi connectivity index (χ0v) is 11.2. The van der Waals surface area contributed by atoms with E-state index >= 15 is 0 Å². The number of carboxylic acids is 1. The van der Waals surface area contributed by atoms with Crippen molar-refractivity contribution in [2.75, 3.05) is 5.73 Å². The Kier molecular flexibility index (Phi) is 3.39. The van der Waals surface area contributed by atoms with Crippen LogP contribution >= 0.6 is 11.3 Å². The molecule has 0 unspecified atom stereocenters. The van der Waals surface area contributed by atoms with Gasteiger partial charge in [0.15, 0.2) is 0 Å². The molecule has 18 heavy (non-hydrogen) atoms. The quantitative estimate of drug-likeness (QED) is 0.887. The summed E-state index contributed by atoms with van der Waals surface area (Å²) in [6.07, 6.45) is 0.783. The summed E-state index contributed by atoms with van der Waals surface area (Å²) in [7, 11) is 0. The van der Waals surface area contributed by atoms with Crippen LogP contribution in [0.15, 0.2) is 24.3 Å². The van der Waals surface area contributed by atoms with Crippen LogP contribution in [0.4, 0.5) is 5.00 Å². The second-order valence-electron chi connectivity index (χ2n) is 4.16. The minimum absolute atomic E-state index is 0.237. The summed E-state index contributed by atoms with van der Waals surface area (Å²) in [5, 5.41) is 9.68. The lowest BCUT2D eigenvalue weighted by molar-refractivity contribution is 0.0699. The molecule has 1 aromatic heterocycles. The predicted octanol–water partition coefficient (Wildman–Crippen LogP) is 3.57. The second kappa shape index (κ2) is 4.82. The first-order valence-corrected chi connectivity index (χ1v) is 6.57. The van der Waals surface area contributed by atoms with Crippen LogP contribution in [0.1, 0.15) is 27.7 Å². The van der Waals surface area contributed by atoms with Gasteiger partial charge in [-0.2, -0.15) is 0 Å². The molecule has 0 aliphatic carbocycles. The topological polar surface area (TPSA) is 63.3 Å². The summed E-state index contributed by atoms with van der Waals surface area (Å²) < 4.78 is 0. The average molecular weight is 261 g/mol. The highest BCUT2D eigenvalue weighted by Gasteiger charge is 2.21. The van der Waals surface area contributed by atoms with Crippen LogP contribution in [0.3, 0.4) is 0 Å². The summed E-state index contributed by atoms with van der Waals surface area (Å²) in [5.41, 5.74) is 8.90. The van der Waals surface area contributed by atoms with E-state index in [0.717, 1.165) is 28.0 Å². The molecular formula is C14H15NO2S. The molecule has 1 aromatic carbocycles.